The molecule has 0 amide bonds. The fourth-order valence-corrected chi connectivity index (χ4v) is 4.91. The summed E-state index contributed by atoms with van der Waals surface area (Å²) >= 11 is 0. The molecular formula is C34H18N6O. The van der Waals surface area contributed by atoms with Crippen molar-refractivity contribution in [1.82, 2.24) is 19.9 Å². The van der Waals surface area contributed by atoms with E-state index in [1.165, 1.54) is 0 Å². The van der Waals surface area contributed by atoms with Crippen LogP contribution in [-0.4, -0.2) is 19.9 Å². The highest BCUT2D eigenvalue weighted by Gasteiger charge is 2.12. The first kappa shape index (κ1) is 23.9. The van der Waals surface area contributed by atoms with Crippen molar-refractivity contribution >= 4 is 21.9 Å². The first-order valence-electron chi connectivity index (χ1n) is 12.8. The Morgan fingerprint density at radius 1 is 0.488 bits per heavy atom. The number of nitriles is 2. The quantitative estimate of drug-likeness (QED) is 0.232. The van der Waals surface area contributed by atoms with Gasteiger partial charge in [0.25, 0.3) is 0 Å². The van der Waals surface area contributed by atoms with Crippen LogP contribution in [0.4, 0.5) is 0 Å². The van der Waals surface area contributed by atoms with Crippen LogP contribution < -0.4 is 0 Å². The van der Waals surface area contributed by atoms with E-state index in [0.717, 1.165) is 67.0 Å². The maximum atomic E-state index is 9.20. The van der Waals surface area contributed by atoms with Crippen LogP contribution in [0, 0.1) is 22.7 Å². The molecular weight excluding hydrogens is 508 g/mol. The second-order valence-corrected chi connectivity index (χ2v) is 9.42. The molecule has 7 aromatic rings. The van der Waals surface area contributed by atoms with Crippen LogP contribution in [0.25, 0.3) is 67.0 Å². The Morgan fingerprint density at radius 2 is 0.902 bits per heavy atom. The number of fused-ring (bicyclic) bond motifs is 3. The topological polar surface area (TPSA) is 112 Å². The zero-order valence-corrected chi connectivity index (χ0v) is 21.5. The minimum Gasteiger partial charge on any atom is -0.456 e. The molecule has 190 valence electrons. The van der Waals surface area contributed by atoms with E-state index in [1.807, 2.05) is 72.8 Å². The average Bonchev–Trinajstić information content (AvgIpc) is 3.42. The molecule has 0 spiro atoms. The second-order valence-electron chi connectivity index (χ2n) is 9.42. The number of nitrogens with zero attached hydrogens (tertiary/aromatic N) is 6. The van der Waals surface area contributed by atoms with Gasteiger partial charge in [-0.1, -0.05) is 24.3 Å². The molecule has 2 aromatic carbocycles. The monoisotopic (exact) mass is 526 g/mol. The number of rotatable bonds is 4. The van der Waals surface area contributed by atoms with Crippen molar-refractivity contribution in [3.63, 3.8) is 0 Å². The third kappa shape index (κ3) is 4.44. The van der Waals surface area contributed by atoms with Crippen molar-refractivity contribution in [1.29, 1.82) is 10.5 Å². The SMILES string of the molecule is N#Cc1cc(-c2cccc(-c3ccc4c(c3)oc3cc(-c5cccc(-c6ccnc(C#N)c6)n5)ccc34)n2)ccn1. The van der Waals surface area contributed by atoms with E-state index < -0.39 is 0 Å². The Balaban J connectivity index is 1.25. The highest BCUT2D eigenvalue weighted by atomic mass is 16.3. The van der Waals surface area contributed by atoms with Crippen LogP contribution in [0.3, 0.4) is 0 Å². The number of hydrogen-bond donors (Lipinski definition) is 0. The van der Waals surface area contributed by atoms with E-state index in [9.17, 15) is 10.5 Å². The largest absolute Gasteiger partial charge is 0.456 e. The molecule has 7 nitrogen and oxygen atoms in total. The second kappa shape index (κ2) is 9.85. The molecule has 0 unspecified atom stereocenters. The third-order valence-corrected chi connectivity index (χ3v) is 6.90. The predicted octanol–water partition coefficient (Wildman–Crippen LogP) is 7.58. The first-order chi connectivity index (χ1) is 20.2. The minimum atomic E-state index is 0.352. The van der Waals surface area contributed by atoms with Gasteiger partial charge in [0, 0.05) is 45.4 Å². The zero-order valence-electron chi connectivity index (χ0n) is 21.5. The maximum absolute atomic E-state index is 9.20. The normalized spacial score (nSPS) is 10.9. The van der Waals surface area contributed by atoms with Gasteiger partial charge in [0.05, 0.1) is 22.8 Å². The molecule has 0 saturated carbocycles. The summed E-state index contributed by atoms with van der Waals surface area (Å²) in [5, 5.41) is 20.4. The lowest BCUT2D eigenvalue weighted by atomic mass is 10.0. The highest BCUT2D eigenvalue weighted by Crippen LogP contribution is 2.35. The van der Waals surface area contributed by atoms with Gasteiger partial charge in [-0.15, -0.1) is 0 Å². The molecule has 5 heterocycles. The molecule has 7 rings (SSSR count). The lowest BCUT2D eigenvalue weighted by Crippen LogP contribution is -1.90. The Bertz CT molecular complexity index is 2050. The van der Waals surface area contributed by atoms with Crippen LogP contribution in [0.2, 0.25) is 0 Å². The van der Waals surface area contributed by atoms with Crippen molar-refractivity contribution < 1.29 is 4.42 Å². The molecule has 5 aromatic heterocycles. The summed E-state index contributed by atoms with van der Waals surface area (Å²) in [5.74, 6) is 0. The Morgan fingerprint density at radius 3 is 1.32 bits per heavy atom. The van der Waals surface area contributed by atoms with Crippen LogP contribution in [0.15, 0.2) is 114 Å². The molecule has 0 bridgehead atoms. The molecule has 0 fully saturated rings. The molecule has 0 aliphatic carbocycles. The summed E-state index contributed by atoms with van der Waals surface area (Å²) in [6.07, 6.45) is 3.23. The van der Waals surface area contributed by atoms with Gasteiger partial charge in [-0.05, 0) is 72.8 Å². The number of aromatic nitrogens is 4. The Kier molecular flexibility index (Phi) is 5.74. The van der Waals surface area contributed by atoms with Crippen LogP contribution in [-0.2, 0) is 0 Å². The van der Waals surface area contributed by atoms with E-state index in [1.54, 1.807) is 24.5 Å². The Labute approximate surface area is 234 Å². The number of benzene rings is 2. The van der Waals surface area contributed by atoms with Gasteiger partial charge in [0.1, 0.15) is 34.7 Å². The third-order valence-electron chi connectivity index (χ3n) is 6.90. The molecule has 0 N–H and O–H groups in total. The van der Waals surface area contributed by atoms with E-state index in [-0.39, 0.29) is 0 Å². The van der Waals surface area contributed by atoms with E-state index in [4.69, 9.17) is 14.4 Å². The summed E-state index contributed by atoms with van der Waals surface area (Å²) in [5.41, 5.74) is 8.90. The lowest BCUT2D eigenvalue weighted by Gasteiger charge is -2.05. The molecule has 41 heavy (non-hydrogen) atoms. The van der Waals surface area contributed by atoms with Crippen molar-refractivity contribution in [3.05, 3.63) is 121 Å². The fraction of sp³-hybridized carbons (Fsp3) is 0. The molecule has 0 saturated heterocycles. The Hall–Kier alpha value is -6.18. The van der Waals surface area contributed by atoms with Crippen molar-refractivity contribution in [2.24, 2.45) is 0 Å². The van der Waals surface area contributed by atoms with Crippen LogP contribution in [0.1, 0.15) is 11.4 Å². The molecule has 0 radical (unpaired) electrons. The highest BCUT2D eigenvalue weighted by molar-refractivity contribution is 6.06. The number of pyridine rings is 4. The van der Waals surface area contributed by atoms with Gasteiger partial charge >= 0.3 is 0 Å². The summed E-state index contributed by atoms with van der Waals surface area (Å²) < 4.78 is 6.32. The summed E-state index contributed by atoms with van der Waals surface area (Å²) in [7, 11) is 0. The van der Waals surface area contributed by atoms with Gasteiger partial charge < -0.3 is 4.42 Å². The summed E-state index contributed by atoms with van der Waals surface area (Å²) in [4.78, 5) is 17.8. The first-order valence-corrected chi connectivity index (χ1v) is 12.8. The van der Waals surface area contributed by atoms with Crippen LogP contribution >= 0.6 is 0 Å². The van der Waals surface area contributed by atoms with E-state index in [2.05, 4.69) is 34.2 Å². The number of furan rings is 1. The predicted molar refractivity (Wildman–Crippen MR) is 156 cm³/mol. The minimum absolute atomic E-state index is 0.352. The zero-order chi connectivity index (χ0) is 27.8. The van der Waals surface area contributed by atoms with Gasteiger partial charge in [-0.2, -0.15) is 10.5 Å². The van der Waals surface area contributed by atoms with Crippen molar-refractivity contribution in [2.75, 3.05) is 0 Å². The van der Waals surface area contributed by atoms with E-state index >= 15 is 0 Å². The van der Waals surface area contributed by atoms with Crippen LogP contribution in [0.5, 0.6) is 0 Å². The van der Waals surface area contributed by atoms with Crippen molar-refractivity contribution in [2.45, 2.75) is 0 Å². The molecule has 0 aliphatic rings. The van der Waals surface area contributed by atoms with Crippen molar-refractivity contribution in [3.8, 4) is 57.2 Å². The fourth-order valence-electron chi connectivity index (χ4n) is 4.91. The standard InChI is InChI=1S/C34H18N6O/c35-19-25-15-23(11-13-37-25)31-5-1-3-29(39-31)21-7-9-27-28-10-8-22(18-34(28)41-33(27)17-21)30-4-2-6-32(40-30)24-12-14-38-26(16-24)20-36/h1-18H. The van der Waals surface area contributed by atoms with Gasteiger partial charge in [0.15, 0.2) is 0 Å². The number of hydrogen-bond acceptors (Lipinski definition) is 7. The summed E-state index contributed by atoms with van der Waals surface area (Å²) in [6, 6.07) is 35.2. The lowest BCUT2D eigenvalue weighted by molar-refractivity contribution is 0.669. The van der Waals surface area contributed by atoms with Gasteiger partial charge in [-0.25, -0.2) is 19.9 Å². The average molecular weight is 527 g/mol. The van der Waals surface area contributed by atoms with Gasteiger partial charge in [-0.3, -0.25) is 0 Å². The summed E-state index contributed by atoms with van der Waals surface area (Å²) in [6.45, 7) is 0. The molecule has 0 atom stereocenters. The maximum Gasteiger partial charge on any atom is 0.141 e. The smallest absolute Gasteiger partial charge is 0.141 e. The molecule has 0 aliphatic heterocycles. The van der Waals surface area contributed by atoms with E-state index in [0.29, 0.717) is 11.4 Å². The molecule has 7 heteroatoms. The van der Waals surface area contributed by atoms with Gasteiger partial charge in [0.2, 0.25) is 0 Å².